The Labute approximate surface area is 449 Å². The third-order valence-electron chi connectivity index (χ3n) is 14.9. The smallest absolute Gasteiger partial charge is 0.161 e. The van der Waals surface area contributed by atoms with E-state index in [4.69, 9.17) is 9.40 Å². The van der Waals surface area contributed by atoms with Gasteiger partial charge in [-0.25, -0.2) is 0 Å². The number of rotatable bonds is 14. The van der Waals surface area contributed by atoms with Gasteiger partial charge in [-0.05, 0) is 152 Å². The van der Waals surface area contributed by atoms with Crippen molar-refractivity contribution in [2.45, 2.75) is 25.7 Å². The first-order chi connectivity index (χ1) is 38.1. The zero-order valence-electron chi connectivity index (χ0n) is 42.6. The largest absolute Gasteiger partial charge is 0.454 e. The Morgan fingerprint density at radius 2 is 0.753 bits per heavy atom. The highest BCUT2D eigenvalue weighted by molar-refractivity contribution is 6.10. The van der Waals surface area contributed by atoms with Gasteiger partial charge in [-0.2, -0.15) is 0 Å². The van der Waals surface area contributed by atoms with Crippen molar-refractivity contribution in [3.05, 3.63) is 296 Å². The molecule has 4 nitrogen and oxygen atoms in total. The fourth-order valence-electron chi connectivity index (χ4n) is 10.9. The molecule has 4 aromatic heterocycles. The molecule has 13 aromatic rings. The lowest BCUT2D eigenvalue weighted by Gasteiger charge is -2.18. The highest BCUT2D eigenvalue weighted by Gasteiger charge is 2.19. The van der Waals surface area contributed by atoms with E-state index in [1.165, 1.54) is 50.1 Å². The maximum Gasteiger partial charge on any atom is 0.161 e. The molecule has 0 fully saturated rings. The molecular weight excluding hydrogens is 935 g/mol. The zero-order valence-corrected chi connectivity index (χ0v) is 42.6. The summed E-state index contributed by atoms with van der Waals surface area (Å²) in [6.07, 6.45) is 9.28. The Morgan fingerprint density at radius 3 is 1.36 bits per heavy atom. The second kappa shape index (κ2) is 21.2. The summed E-state index contributed by atoms with van der Waals surface area (Å²) in [6, 6.07) is 91.6. The van der Waals surface area contributed by atoms with Crippen LogP contribution in [-0.2, 0) is 25.7 Å². The third-order valence-corrected chi connectivity index (χ3v) is 14.9. The number of furan rings is 1. The van der Waals surface area contributed by atoms with Gasteiger partial charge in [-0.15, -0.1) is 0 Å². The minimum atomic E-state index is 0.781. The van der Waals surface area contributed by atoms with Crippen molar-refractivity contribution < 1.29 is 4.42 Å². The molecule has 0 aliphatic carbocycles. The van der Waals surface area contributed by atoms with Crippen molar-refractivity contribution in [1.29, 1.82) is 0 Å². The number of benzene rings is 9. The first-order valence-corrected chi connectivity index (χ1v) is 26.5. The fraction of sp³-hybridized carbons (Fsp3) is 0.0548. The van der Waals surface area contributed by atoms with E-state index in [2.05, 4.69) is 234 Å². The molecule has 4 heterocycles. The Hall–Kier alpha value is -9.77. The highest BCUT2D eigenvalue weighted by atomic mass is 16.3. The molecule has 13 rings (SSSR count). The summed E-state index contributed by atoms with van der Waals surface area (Å²) in [7, 11) is 0. The average Bonchev–Trinajstić information content (AvgIpc) is 3.96. The molecule has 0 unspecified atom stereocenters. The van der Waals surface area contributed by atoms with Crippen LogP contribution in [0.4, 0.5) is 0 Å². The summed E-state index contributed by atoms with van der Waals surface area (Å²) in [5, 5.41) is 2.12. The van der Waals surface area contributed by atoms with Crippen molar-refractivity contribution in [3.8, 4) is 89.4 Å². The molecule has 0 saturated carbocycles. The van der Waals surface area contributed by atoms with Gasteiger partial charge in [0, 0.05) is 46.1 Å². The molecular formula is C73H53N3O. The third kappa shape index (κ3) is 10.0. The Bertz CT molecular complexity index is 4050. The second-order valence-corrected chi connectivity index (χ2v) is 19.8. The first-order valence-electron chi connectivity index (χ1n) is 26.5. The van der Waals surface area contributed by atoms with Crippen LogP contribution in [0.5, 0.6) is 0 Å². The lowest BCUT2D eigenvalue weighted by molar-refractivity contribution is 0.668. The van der Waals surface area contributed by atoms with E-state index in [1.807, 2.05) is 48.9 Å². The van der Waals surface area contributed by atoms with E-state index in [1.54, 1.807) is 0 Å². The molecule has 0 N–H and O–H groups in total. The number of nitrogens with zero attached hydrogens (tertiary/aromatic N) is 3. The number of hydrogen-bond donors (Lipinski definition) is 0. The van der Waals surface area contributed by atoms with Crippen LogP contribution in [0.1, 0.15) is 22.3 Å². The topological polar surface area (TPSA) is 51.8 Å². The first kappa shape index (κ1) is 47.0. The summed E-state index contributed by atoms with van der Waals surface area (Å²) in [5.41, 5.74) is 24.5. The highest BCUT2D eigenvalue weighted by Crippen LogP contribution is 2.43. The maximum atomic E-state index is 6.80. The molecule has 0 amide bonds. The van der Waals surface area contributed by atoms with E-state index in [0.29, 0.717) is 0 Å². The van der Waals surface area contributed by atoms with Crippen LogP contribution in [0.15, 0.2) is 278 Å². The number of fused-ring (bicyclic) bond motifs is 3. The van der Waals surface area contributed by atoms with Gasteiger partial charge in [-0.1, -0.05) is 206 Å². The lowest BCUT2D eigenvalue weighted by Crippen LogP contribution is -1.98. The van der Waals surface area contributed by atoms with Gasteiger partial charge < -0.3 is 4.42 Å². The van der Waals surface area contributed by atoms with Crippen LogP contribution in [-0.4, -0.2) is 15.0 Å². The summed E-state index contributed by atoms with van der Waals surface area (Å²) in [6.45, 7) is 0. The molecule has 0 spiro atoms. The summed E-state index contributed by atoms with van der Waals surface area (Å²) in [5.74, 6) is 0. The zero-order chi connectivity index (χ0) is 51.3. The van der Waals surface area contributed by atoms with Crippen LogP contribution in [0.2, 0.25) is 0 Å². The fourth-order valence-corrected chi connectivity index (χ4v) is 10.9. The number of hydrogen-bond acceptors (Lipinski definition) is 4. The number of aryl methyl sites for hydroxylation is 4. The molecule has 0 radical (unpaired) electrons. The van der Waals surface area contributed by atoms with E-state index < -0.39 is 0 Å². The molecule has 0 saturated heterocycles. The Kier molecular flexibility index (Phi) is 12.9. The molecule has 77 heavy (non-hydrogen) atoms. The van der Waals surface area contributed by atoms with Gasteiger partial charge in [-0.3, -0.25) is 15.0 Å². The van der Waals surface area contributed by atoms with E-state index in [-0.39, 0.29) is 0 Å². The second-order valence-electron chi connectivity index (χ2n) is 19.8. The summed E-state index contributed by atoms with van der Waals surface area (Å²) in [4.78, 5) is 14.2. The van der Waals surface area contributed by atoms with Crippen molar-refractivity contribution >= 4 is 21.9 Å². The summed E-state index contributed by atoms with van der Waals surface area (Å²) < 4.78 is 6.80. The van der Waals surface area contributed by atoms with Crippen molar-refractivity contribution in [2.24, 2.45) is 0 Å². The number of aromatic nitrogens is 3. The molecule has 366 valence electrons. The van der Waals surface area contributed by atoms with E-state index in [0.717, 1.165) is 109 Å². The Balaban J connectivity index is 0.893. The predicted molar refractivity (Wildman–Crippen MR) is 318 cm³/mol. The predicted octanol–water partition coefficient (Wildman–Crippen LogP) is 18.7. The maximum absolute atomic E-state index is 6.80. The van der Waals surface area contributed by atoms with Crippen LogP contribution in [0.25, 0.3) is 111 Å². The molecule has 0 aliphatic heterocycles. The number of pyridine rings is 3. The van der Waals surface area contributed by atoms with Gasteiger partial charge in [0.25, 0.3) is 0 Å². The SMILES string of the molecule is c1ccc(-c2ccc(-c3cc(-c4nccc5c4oc4cc(-c6ccccc6)ccc45)ccc3-c3ccccc3-c3cc(CCc4ccc(-c5ccccn5)cc4)cc(CCc4ccc(-c5ccccn5)cc4)c3)cc2)cc1. The Morgan fingerprint density at radius 1 is 0.260 bits per heavy atom. The minimum Gasteiger partial charge on any atom is -0.454 e. The van der Waals surface area contributed by atoms with E-state index >= 15 is 0 Å². The lowest BCUT2D eigenvalue weighted by atomic mass is 9.86. The van der Waals surface area contributed by atoms with Gasteiger partial charge in [0.2, 0.25) is 0 Å². The summed E-state index contributed by atoms with van der Waals surface area (Å²) >= 11 is 0. The van der Waals surface area contributed by atoms with Gasteiger partial charge >= 0.3 is 0 Å². The monoisotopic (exact) mass is 987 g/mol. The van der Waals surface area contributed by atoms with Crippen molar-refractivity contribution in [1.82, 2.24) is 15.0 Å². The minimum absolute atomic E-state index is 0.781. The van der Waals surface area contributed by atoms with Gasteiger partial charge in [0.15, 0.2) is 5.58 Å². The van der Waals surface area contributed by atoms with Crippen LogP contribution in [0, 0.1) is 0 Å². The molecule has 9 aromatic carbocycles. The van der Waals surface area contributed by atoms with Gasteiger partial charge in [0.1, 0.15) is 11.3 Å². The normalized spacial score (nSPS) is 11.3. The van der Waals surface area contributed by atoms with Gasteiger partial charge in [0.05, 0.1) is 11.4 Å². The standard InChI is InChI=1S/C73H53N3O/c1-3-13-54(14-4-1)56-33-35-57(36-34-56)68-48-61(72-73-67(41-44-76-72)66-40-37-60(49-71(66)77-73)55-15-5-2-6-16-55)38-39-65(68)64-18-8-7-17-63(64)62-46-52(23-21-50-25-29-58(30-26-50)69-19-9-11-42-74-69)45-53(47-62)24-22-51-27-31-59(32-28-51)70-20-10-12-43-75-70/h1-20,25-49H,21-24H2. The molecule has 0 atom stereocenters. The van der Waals surface area contributed by atoms with Crippen LogP contribution < -0.4 is 0 Å². The van der Waals surface area contributed by atoms with Crippen LogP contribution in [0.3, 0.4) is 0 Å². The average molecular weight is 988 g/mol. The van der Waals surface area contributed by atoms with Crippen molar-refractivity contribution in [2.75, 3.05) is 0 Å². The molecule has 0 bridgehead atoms. The molecule has 0 aliphatic rings. The van der Waals surface area contributed by atoms with Crippen molar-refractivity contribution in [3.63, 3.8) is 0 Å². The molecule has 4 heteroatoms. The quantitative estimate of drug-likeness (QED) is 0.109. The van der Waals surface area contributed by atoms with E-state index in [9.17, 15) is 0 Å². The van der Waals surface area contributed by atoms with Crippen LogP contribution >= 0.6 is 0 Å².